The van der Waals surface area contributed by atoms with E-state index in [1.165, 1.54) is 6.07 Å². The molecule has 2 aromatic heterocycles. The average Bonchev–Trinajstić information content (AvgIpc) is 2.35. The van der Waals surface area contributed by atoms with Gasteiger partial charge in [-0.3, -0.25) is 4.79 Å². The molecule has 0 N–H and O–H groups in total. The van der Waals surface area contributed by atoms with E-state index in [4.69, 9.17) is 4.42 Å². The van der Waals surface area contributed by atoms with E-state index in [1.807, 2.05) is 24.3 Å². The highest BCUT2D eigenvalue weighted by molar-refractivity contribution is 6.02. The molecule has 3 aromatic rings. The minimum Gasteiger partial charge on any atom is -0.422 e. The maximum Gasteiger partial charge on any atom is 0.336 e. The van der Waals surface area contributed by atoms with Gasteiger partial charge in [0.15, 0.2) is 5.58 Å². The van der Waals surface area contributed by atoms with Crippen molar-refractivity contribution < 1.29 is 4.42 Å². The summed E-state index contributed by atoms with van der Waals surface area (Å²) in [5.41, 5.74) is 1.19. The van der Waals surface area contributed by atoms with E-state index in [0.29, 0.717) is 16.5 Å². The lowest BCUT2D eigenvalue weighted by Crippen LogP contribution is -2.19. The summed E-state index contributed by atoms with van der Waals surface area (Å²) in [4.78, 5) is 23.7. The van der Waals surface area contributed by atoms with Crippen molar-refractivity contribution in [3.63, 3.8) is 0 Å². The van der Waals surface area contributed by atoms with E-state index < -0.39 is 5.63 Å². The highest BCUT2D eigenvalue weighted by Crippen LogP contribution is 2.22. The summed E-state index contributed by atoms with van der Waals surface area (Å²) in [6.07, 6.45) is 0. The van der Waals surface area contributed by atoms with Crippen LogP contribution in [0.3, 0.4) is 0 Å². The zero-order chi connectivity index (χ0) is 12.9. The Labute approximate surface area is 102 Å². The predicted octanol–water partition coefficient (Wildman–Crippen LogP) is 1.95. The normalized spacial score (nSPS) is 11.2. The van der Waals surface area contributed by atoms with Crippen molar-refractivity contribution in [3.8, 4) is 0 Å². The molecule has 0 atom stereocenters. The van der Waals surface area contributed by atoms with Gasteiger partial charge in [-0.15, -0.1) is 0 Å². The molecule has 0 unspecified atom stereocenters. The second-order valence-corrected chi connectivity index (χ2v) is 4.33. The molecule has 0 aliphatic heterocycles. The quantitative estimate of drug-likeness (QED) is 0.565. The molecule has 0 radical (unpaired) electrons. The molecule has 2 heterocycles. The lowest BCUT2D eigenvalue weighted by molar-refractivity contribution is 0.562. The van der Waals surface area contributed by atoms with Crippen molar-refractivity contribution >= 4 is 21.9 Å². The number of hydrogen-bond donors (Lipinski definition) is 0. The molecule has 90 valence electrons. The molecule has 0 saturated heterocycles. The molecule has 1 aromatic carbocycles. The fourth-order valence-corrected chi connectivity index (χ4v) is 2.30. The summed E-state index contributed by atoms with van der Waals surface area (Å²) in [6, 6.07) is 8.73. The molecule has 0 fully saturated rings. The molecule has 0 amide bonds. The van der Waals surface area contributed by atoms with Gasteiger partial charge in [-0.05, 0) is 24.6 Å². The Kier molecular flexibility index (Phi) is 2.13. The first-order valence-corrected chi connectivity index (χ1v) is 5.62. The minimum atomic E-state index is -0.432. The summed E-state index contributed by atoms with van der Waals surface area (Å²) in [5, 5.41) is 1.24. The second-order valence-electron chi connectivity index (χ2n) is 4.33. The van der Waals surface area contributed by atoms with E-state index in [-0.39, 0.29) is 5.56 Å². The fourth-order valence-electron chi connectivity index (χ4n) is 2.30. The molecule has 18 heavy (non-hydrogen) atoms. The standard InChI is InChI=1S/C14H11NO3/c1-8-7-11(16)18-13-9-5-3-4-6-10(9)15(2)14(17)12(8)13/h3-7H,1-2H3. The summed E-state index contributed by atoms with van der Waals surface area (Å²) in [7, 11) is 1.72. The third-order valence-electron chi connectivity index (χ3n) is 3.19. The van der Waals surface area contributed by atoms with Crippen molar-refractivity contribution in [2.24, 2.45) is 7.05 Å². The Morgan fingerprint density at radius 1 is 1.17 bits per heavy atom. The molecule has 3 rings (SSSR count). The molecule has 0 saturated carbocycles. The zero-order valence-corrected chi connectivity index (χ0v) is 10.1. The second kappa shape index (κ2) is 3.57. The lowest BCUT2D eigenvalue weighted by atomic mass is 10.1. The van der Waals surface area contributed by atoms with Crippen LogP contribution >= 0.6 is 0 Å². The fraction of sp³-hybridized carbons (Fsp3) is 0.143. The summed E-state index contributed by atoms with van der Waals surface area (Å²) in [6.45, 7) is 1.75. The molecular weight excluding hydrogens is 230 g/mol. The number of nitrogens with zero attached hydrogens (tertiary/aromatic N) is 1. The molecule has 0 bridgehead atoms. The summed E-state index contributed by atoms with van der Waals surface area (Å²) >= 11 is 0. The van der Waals surface area contributed by atoms with Gasteiger partial charge in [-0.2, -0.15) is 0 Å². The molecule has 4 nitrogen and oxygen atoms in total. The maximum absolute atomic E-state index is 12.3. The number of rotatable bonds is 0. The zero-order valence-electron chi connectivity index (χ0n) is 10.1. The highest BCUT2D eigenvalue weighted by Gasteiger charge is 2.12. The van der Waals surface area contributed by atoms with Gasteiger partial charge in [0.1, 0.15) is 0 Å². The molecule has 0 aliphatic rings. The first-order chi connectivity index (χ1) is 8.59. The van der Waals surface area contributed by atoms with Gasteiger partial charge < -0.3 is 8.98 Å². The summed E-state index contributed by atoms with van der Waals surface area (Å²) < 4.78 is 6.80. The third kappa shape index (κ3) is 1.32. The number of aryl methyl sites for hydroxylation is 2. The van der Waals surface area contributed by atoms with Crippen LogP contribution in [0, 0.1) is 6.92 Å². The SMILES string of the molecule is Cc1cc(=O)oc2c1c(=O)n(C)c1ccccc21. The molecule has 0 aliphatic carbocycles. The number of fused-ring (bicyclic) bond motifs is 3. The van der Waals surface area contributed by atoms with Crippen LogP contribution in [-0.4, -0.2) is 4.57 Å². The minimum absolute atomic E-state index is 0.148. The number of benzene rings is 1. The largest absolute Gasteiger partial charge is 0.422 e. The van der Waals surface area contributed by atoms with E-state index >= 15 is 0 Å². The first kappa shape index (κ1) is 10.8. The van der Waals surface area contributed by atoms with E-state index in [2.05, 4.69) is 0 Å². The van der Waals surface area contributed by atoms with Crippen LogP contribution in [0.2, 0.25) is 0 Å². The molecule has 0 spiro atoms. The Bertz CT molecular complexity index is 887. The van der Waals surface area contributed by atoms with Crippen LogP contribution in [0.15, 0.2) is 44.3 Å². The topological polar surface area (TPSA) is 52.2 Å². The van der Waals surface area contributed by atoms with Gasteiger partial charge in [0.2, 0.25) is 0 Å². The maximum atomic E-state index is 12.3. The highest BCUT2D eigenvalue weighted by atomic mass is 16.4. The van der Waals surface area contributed by atoms with Crippen LogP contribution in [0.25, 0.3) is 21.9 Å². The Hall–Kier alpha value is -2.36. The molecule has 4 heteroatoms. The van der Waals surface area contributed by atoms with Gasteiger partial charge >= 0.3 is 5.63 Å². The van der Waals surface area contributed by atoms with Crippen LogP contribution in [0.4, 0.5) is 0 Å². The van der Waals surface area contributed by atoms with Gasteiger partial charge in [0.05, 0.1) is 10.9 Å². The van der Waals surface area contributed by atoms with Crippen LogP contribution in [-0.2, 0) is 7.05 Å². The first-order valence-electron chi connectivity index (χ1n) is 5.62. The Morgan fingerprint density at radius 3 is 2.67 bits per heavy atom. The van der Waals surface area contributed by atoms with Crippen LogP contribution < -0.4 is 11.2 Å². The van der Waals surface area contributed by atoms with E-state index in [0.717, 1.165) is 10.9 Å². The number of pyridine rings is 1. The predicted molar refractivity (Wildman–Crippen MR) is 70.0 cm³/mol. The molecular formula is C14H11NO3. The van der Waals surface area contributed by atoms with E-state index in [1.54, 1.807) is 18.5 Å². The monoisotopic (exact) mass is 241 g/mol. The van der Waals surface area contributed by atoms with Gasteiger partial charge in [0.25, 0.3) is 5.56 Å². The Morgan fingerprint density at radius 2 is 1.89 bits per heavy atom. The average molecular weight is 241 g/mol. The third-order valence-corrected chi connectivity index (χ3v) is 3.19. The number of para-hydroxylation sites is 1. The number of aromatic nitrogens is 1. The van der Waals surface area contributed by atoms with Crippen molar-refractivity contribution in [2.45, 2.75) is 6.92 Å². The Balaban J connectivity index is 2.79. The van der Waals surface area contributed by atoms with Crippen LogP contribution in [0.5, 0.6) is 0 Å². The number of hydrogen-bond acceptors (Lipinski definition) is 3. The van der Waals surface area contributed by atoms with Gasteiger partial charge in [0, 0.05) is 18.5 Å². The van der Waals surface area contributed by atoms with Crippen molar-refractivity contribution in [3.05, 3.63) is 56.7 Å². The van der Waals surface area contributed by atoms with Crippen LogP contribution in [0.1, 0.15) is 5.56 Å². The summed E-state index contributed by atoms with van der Waals surface area (Å²) in [5.74, 6) is 0. The van der Waals surface area contributed by atoms with Gasteiger partial charge in [-0.1, -0.05) is 12.1 Å². The smallest absolute Gasteiger partial charge is 0.336 e. The van der Waals surface area contributed by atoms with Gasteiger partial charge in [-0.25, -0.2) is 4.79 Å². The van der Waals surface area contributed by atoms with Crippen molar-refractivity contribution in [2.75, 3.05) is 0 Å². The lowest BCUT2D eigenvalue weighted by Gasteiger charge is -2.08. The van der Waals surface area contributed by atoms with Crippen molar-refractivity contribution in [1.29, 1.82) is 0 Å². The van der Waals surface area contributed by atoms with Crippen molar-refractivity contribution in [1.82, 2.24) is 4.57 Å². The van der Waals surface area contributed by atoms with E-state index in [9.17, 15) is 9.59 Å².